The van der Waals surface area contributed by atoms with Gasteiger partial charge >= 0.3 is 0 Å². The summed E-state index contributed by atoms with van der Waals surface area (Å²) in [6.07, 6.45) is 0. The van der Waals surface area contributed by atoms with Crippen molar-refractivity contribution in [3.05, 3.63) is 94.0 Å². The Bertz CT molecular complexity index is 1000. The third-order valence-electron chi connectivity index (χ3n) is 4.63. The molecule has 27 heavy (non-hydrogen) atoms. The lowest BCUT2D eigenvalue weighted by Gasteiger charge is -2.21. The van der Waals surface area contributed by atoms with Crippen molar-refractivity contribution in [2.45, 2.75) is 13.8 Å². The summed E-state index contributed by atoms with van der Waals surface area (Å²) in [4.78, 5) is 25.2. The molecular formula is C23H22N2O2. The number of nitrogens with one attached hydrogen (secondary N) is 1. The molecule has 0 amide bonds. The maximum absolute atomic E-state index is 12.6. The zero-order chi connectivity index (χ0) is 19.6. The molecule has 0 saturated carbocycles. The van der Waals surface area contributed by atoms with Crippen LogP contribution >= 0.6 is 0 Å². The Morgan fingerprint density at radius 1 is 0.741 bits per heavy atom. The molecule has 3 aromatic carbocycles. The summed E-state index contributed by atoms with van der Waals surface area (Å²) in [5, 5.41) is 2.99. The van der Waals surface area contributed by atoms with Gasteiger partial charge in [-0.25, -0.2) is 0 Å². The summed E-state index contributed by atoms with van der Waals surface area (Å²) in [5.74, 6) is -0.155. The van der Waals surface area contributed by atoms with E-state index in [9.17, 15) is 9.59 Å². The van der Waals surface area contributed by atoms with Crippen molar-refractivity contribution >= 4 is 22.9 Å². The minimum absolute atomic E-state index is 0.0696. The summed E-state index contributed by atoms with van der Waals surface area (Å²) >= 11 is 0. The molecule has 0 aliphatic heterocycles. The fraction of sp³-hybridized carbons (Fsp3) is 0.130. The van der Waals surface area contributed by atoms with Crippen molar-refractivity contribution in [1.29, 1.82) is 0 Å². The molecule has 0 heterocycles. The molecule has 0 radical (unpaired) electrons. The number of ketones is 2. The Balaban J connectivity index is 0.000000221. The molecule has 0 aromatic heterocycles. The van der Waals surface area contributed by atoms with Crippen molar-refractivity contribution in [1.82, 2.24) is 0 Å². The molecule has 3 aromatic rings. The molecule has 0 atom stereocenters. The first-order chi connectivity index (χ1) is 12.9. The van der Waals surface area contributed by atoms with Crippen LogP contribution in [0.25, 0.3) is 0 Å². The molecule has 1 aliphatic carbocycles. The van der Waals surface area contributed by atoms with Crippen molar-refractivity contribution in [3.8, 4) is 0 Å². The van der Waals surface area contributed by atoms with Crippen molar-refractivity contribution in [3.63, 3.8) is 0 Å². The van der Waals surface area contributed by atoms with Crippen molar-refractivity contribution in [2.24, 2.45) is 0 Å². The van der Waals surface area contributed by atoms with Crippen LogP contribution in [0.1, 0.15) is 43.0 Å². The highest BCUT2D eigenvalue weighted by Crippen LogP contribution is 2.33. The molecule has 0 unspecified atom stereocenters. The zero-order valence-corrected chi connectivity index (χ0v) is 15.7. The maximum atomic E-state index is 12.6. The highest BCUT2D eigenvalue weighted by molar-refractivity contribution is 6.30. The van der Waals surface area contributed by atoms with Gasteiger partial charge in [-0.15, -0.1) is 0 Å². The van der Waals surface area contributed by atoms with Gasteiger partial charge in [-0.05, 0) is 37.6 Å². The van der Waals surface area contributed by atoms with Crippen LogP contribution in [0, 0.1) is 13.8 Å². The number of hydrogen-bond acceptors (Lipinski definition) is 4. The number of benzene rings is 3. The Morgan fingerprint density at radius 3 is 1.81 bits per heavy atom. The summed E-state index contributed by atoms with van der Waals surface area (Å²) in [6, 6.07) is 18.5. The van der Waals surface area contributed by atoms with Crippen LogP contribution in [0.15, 0.2) is 60.7 Å². The van der Waals surface area contributed by atoms with E-state index in [1.807, 2.05) is 50.2 Å². The number of hydrogen-bond donors (Lipinski definition) is 2. The smallest absolute Gasteiger partial charge is 0.196 e. The number of fused-ring (bicyclic) bond motifs is 2. The van der Waals surface area contributed by atoms with Gasteiger partial charge in [0, 0.05) is 35.1 Å². The first-order valence-corrected chi connectivity index (χ1v) is 8.76. The molecule has 4 rings (SSSR count). The fourth-order valence-electron chi connectivity index (χ4n) is 3.16. The van der Waals surface area contributed by atoms with Crippen LogP contribution in [-0.2, 0) is 0 Å². The fourth-order valence-corrected chi connectivity index (χ4v) is 3.16. The van der Waals surface area contributed by atoms with E-state index < -0.39 is 0 Å². The Labute approximate surface area is 159 Å². The lowest BCUT2D eigenvalue weighted by Crippen LogP contribution is -2.23. The molecule has 0 fully saturated rings. The van der Waals surface area contributed by atoms with E-state index in [1.165, 1.54) is 5.56 Å². The van der Waals surface area contributed by atoms with Gasteiger partial charge in [0.15, 0.2) is 11.6 Å². The van der Waals surface area contributed by atoms with E-state index in [1.54, 1.807) is 31.3 Å². The summed E-state index contributed by atoms with van der Waals surface area (Å²) in [5.41, 5.74) is 11.0. The Morgan fingerprint density at radius 2 is 1.30 bits per heavy atom. The quantitative estimate of drug-likeness (QED) is 0.495. The first kappa shape index (κ1) is 18.4. The van der Waals surface area contributed by atoms with Gasteiger partial charge in [-0.2, -0.15) is 0 Å². The van der Waals surface area contributed by atoms with E-state index in [4.69, 9.17) is 5.73 Å². The average Bonchev–Trinajstić information content (AvgIpc) is 2.69. The lowest BCUT2D eigenvalue weighted by atomic mass is 9.81. The van der Waals surface area contributed by atoms with Crippen LogP contribution in [0.4, 0.5) is 11.4 Å². The Hall–Kier alpha value is -3.40. The maximum Gasteiger partial charge on any atom is 0.196 e. The second-order valence-electron chi connectivity index (χ2n) is 6.54. The number of carbonyl (C=O) groups is 2. The molecule has 4 heteroatoms. The number of nitrogen functional groups attached to an aromatic ring is 1. The van der Waals surface area contributed by atoms with Gasteiger partial charge < -0.3 is 11.1 Å². The van der Waals surface area contributed by atoms with Crippen molar-refractivity contribution < 1.29 is 9.59 Å². The molecule has 0 spiro atoms. The minimum Gasteiger partial charge on any atom is -0.399 e. The van der Waals surface area contributed by atoms with E-state index >= 15 is 0 Å². The zero-order valence-electron chi connectivity index (χ0n) is 15.7. The topological polar surface area (TPSA) is 72.2 Å². The van der Waals surface area contributed by atoms with Crippen LogP contribution in [-0.4, -0.2) is 18.6 Å². The van der Waals surface area contributed by atoms with Crippen LogP contribution in [0.3, 0.4) is 0 Å². The monoisotopic (exact) mass is 358 g/mol. The molecule has 4 nitrogen and oxygen atoms in total. The number of carbonyl (C=O) groups excluding carboxylic acids is 2. The molecule has 0 bridgehead atoms. The van der Waals surface area contributed by atoms with Crippen LogP contribution < -0.4 is 11.1 Å². The van der Waals surface area contributed by atoms with Gasteiger partial charge in [0.25, 0.3) is 0 Å². The highest BCUT2D eigenvalue weighted by Gasteiger charge is 2.32. The third-order valence-corrected chi connectivity index (χ3v) is 4.63. The van der Waals surface area contributed by atoms with Crippen LogP contribution in [0.5, 0.6) is 0 Å². The van der Waals surface area contributed by atoms with E-state index in [0.29, 0.717) is 27.9 Å². The highest BCUT2D eigenvalue weighted by atomic mass is 16.1. The second kappa shape index (κ2) is 7.46. The molecule has 136 valence electrons. The van der Waals surface area contributed by atoms with Gasteiger partial charge in [0.2, 0.25) is 0 Å². The predicted molar refractivity (Wildman–Crippen MR) is 110 cm³/mol. The standard InChI is InChI=1S/C16H13NO2.C7H9N/c1-9-7-8-12(17-2)14-13(9)15(18)10-5-3-4-6-11(10)16(14)19;1-6-2-4-7(8)5-3-6/h3-8,17H,1-2H3;2-5H,8H2,1H3. The number of aryl methyl sites for hydroxylation is 2. The van der Waals surface area contributed by atoms with E-state index in [0.717, 1.165) is 11.3 Å². The Kier molecular flexibility index (Phi) is 5.08. The van der Waals surface area contributed by atoms with Gasteiger partial charge in [-0.1, -0.05) is 48.0 Å². The molecular weight excluding hydrogens is 336 g/mol. The van der Waals surface area contributed by atoms with E-state index in [-0.39, 0.29) is 11.6 Å². The summed E-state index contributed by atoms with van der Waals surface area (Å²) in [7, 11) is 1.75. The number of anilines is 2. The summed E-state index contributed by atoms with van der Waals surface area (Å²) < 4.78 is 0. The summed E-state index contributed by atoms with van der Waals surface area (Å²) in [6.45, 7) is 3.90. The van der Waals surface area contributed by atoms with Crippen LogP contribution in [0.2, 0.25) is 0 Å². The lowest BCUT2D eigenvalue weighted by molar-refractivity contribution is 0.0979. The predicted octanol–water partition coefficient (Wildman–Crippen LogP) is 4.39. The van der Waals surface area contributed by atoms with Crippen molar-refractivity contribution in [2.75, 3.05) is 18.1 Å². The SMILES string of the molecule is CNc1ccc(C)c2c1C(=O)c1ccccc1C2=O.Cc1ccc(N)cc1. The third kappa shape index (κ3) is 3.47. The number of nitrogens with two attached hydrogens (primary N) is 1. The number of rotatable bonds is 1. The molecule has 0 saturated heterocycles. The van der Waals surface area contributed by atoms with Gasteiger partial charge in [-0.3, -0.25) is 9.59 Å². The average molecular weight is 358 g/mol. The first-order valence-electron chi connectivity index (χ1n) is 8.76. The second-order valence-corrected chi connectivity index (χ2v) is 6.54. The van der Waals surface area contributed by atoms with Gasteiger partial charge in [0.1, 0.15) is 0 Å². The van der Waals surface area contributed by atoms with Gasteiger partial charge in [0.05, 0.1) is 5.56 Å². The molecule has 3 N–H and O–H groups in total. The largest absolute Gasteiger partial charge is 0.399 e. The normalized spacial score (nSPS) is 11.8. The molecule has 1 aliphatic rings. The minimum atomic E-state index is -0.0850. The van der Waals surface area contributed by atoms with E-state index in [2.05, 4.69) is 5.32 Å².